The van der Waals surface area contributed by atoms with Gasteiger partial charge in [0.15, 0.2) is 0 Å². The van der Waals surface area contributed by atoms with Crippen molar-refractivity contribution < 1.29 is 22.7 Å². The molecule has 110 valence electrons. The Hall–Kier alpha value is -1.24. The van der Waals surface area contributed by atoms with Gasteiger partial charge in [-0.3, -0.25) is 4.79 Å². The first kappa shape index (κ1) is 15.2. The molecule has 1 saturated carbocycles. The lowest BCUT2D eigenvalue weighted by Gasteiger charge is -2.39. The first-order valence-electron chi connectivity index (χ1n) is 6.06. The molecular weight excluding hydrogens is 339 g/mol. The van der Waals surface area contributed by atoms with E-state index in [0.717, 1.165) is 25.3 Å². The number of carbonyl (C=O) groups excluding carboxylic acids is 1. The number of hydrogen-bond donors (Lipinski definition) is 1. The third-order valence-corrected chi connectivity index (χ3v) is 3.78. The molecule has 1 aliphatic carbocycles. The number of halogens is 4. The molecule has 1 aromatic carbocycles. The summed E-state index contributed by atoms with van der Waals surface area (Å²) in [6, 6.07) is 3.83. The van der Waals surface area contributed by atoms with Crippen LogP contribution >= 0.6 is 15.9 Å². The van der Waals surface area contributed by atoms with E-state index in [2.05, 4.69) is 26.0 Å². The van der Waals surface area contributed by atoms with Crippen molar-refractivity contribution in [1.82, 2.24) is 5.32 Å². The van der Waals surface area contributed by atoms with Crippen molar-refractivity contribution in [2.24, 2.45) is 0 Å². The van der Waals surface area contributed by atoms with Gasteiger partial charge in [0.25, 0.3) is 5.91 Å². The average molecular weight is 352 g/mol. The van der Waals surface area contributed by atoms with Crippen molar-refractivity contribution in [1.29, 1.82) is 0 Å². The van der Waals surface area contributed by atoms with Crippen LogP contribution in [0.3, 0.4) is 0 Å². The van der Waals surface area contributed by atoms with Crippen molar-refractivity contribution >= 4 is 21.8 Å². The standard InChI is InChI=1S/C13H13BrF3NO2/c1-12(5-2-6-12)18-11(19)9-7-8(14)3-4-10(9)20-13(15,16)17/h3-4,7H,2,5-6H2,1H3,(H,18,19). The molecule has 0 atom stereocenters. The molecule has 1 N–H and O–H groups in total. The van der Waals surface area contributed by atoms with Gasteiger partial charge in [0.1, 0.15) is 5.75 Å². The molecular formula is C13H13BrF3NO2. The largest absolute Gasteiger partial charge is 0.573 e. The quantitative estimate of drug-likeness (QED) is 0.892. The van der Waals surface area contributed by atoms with E-state index in [-0.39, 0.29) is 11.1 Å². The monoisotopic (exact) mass is 351 g/mol. The van der Waals surface area contributed by atoms with E-state index in [1.165, 1.54) is 12.1 Å². The van der Waals surface area contributed by atoms with E-state index in [1.54, 1.807) is 0 Å². The molecule has 0 unspecified atom stereocenters. The Morgan fingerprint density at radius 1 is 1.40 bits per heavy atom. The lowest BCUT2D eigenvalue weighted by atomic mass is 9.78. The normalized spacial score (nSPS) is 17.2. The minimum Gasteiger partial charge on any atom is -0.405 e. The Morgan fingerprint density at radius 2 is 2.05 bits per heavy atom. The number of amides is 1. The fourth-order valence-electron chi connectivity index (χ4n) is 2.07. The van der Waals surface area contributed by atoms with E-state index >= 15 is 0 Å². The molecule has 7 heteroatoms. The summed E-state index contributed by atoms with van der Waals surface area (Å²) in [6.45, 7) is 1.87. The molecule has 0 aliphatic heterocycles. The van der Waals surface area contributed by atoms with Crippen molar-refractivity contribution in [2.45, 2.75) is 38.1 Å². The Bertz CT molecular complexity index is 527. The highest BCUT2D eigenvalue weighted by Crippen LogP contribution is 2.33. The number of nitrogens with one attached hydrogen (secondary N) is 1. The molecule has 1 aromatic rings. The van der Waals surface area contributed by atoms with Crippen LogP contribution in [0.15, 0.2) is 22.7 Å². The van der Waals surface area contributed by atoms with Crippen molar-refractivity contribution in [3.63, 3.8) is 0 Å². The number of benzene rings is 1. The van der Waals surface area contributed by atoms with Crippen LogP contribution in [-0.4, -0.2) is 17.8 Å². The second kappa shape index (κ2) is 5.27. The number of ether oxygens (including phenoxy) is 1. The van der Waals surface area contributed by atoms with Gasteiger partial charge in [0, 0.05) is 10.0 Å². The third-order valence-electron chi connectivity index (χ3n) is 3.28. The van der Waals surface area contributed by atoms with Gasteiger partial charge < -0.3 is 10.1 Å². The average Bonchev–Trinajstić information content (AvgIpc) is 2.27. The summed E-state index contributed by atoms with van der Waals surface area (Å²) < 4.78 is 41.4. The SMILES string of the molecule is CC1(NC(=O)c2cc(Br)ccc2OC(F)(F)F)CCC1. The Labute approximate surface area is 122 Å². The molecule has 1 amide bonds. The fraction of sp³-hybridized carbons (Fsp3) is 0.462. The van der Waals surface area contributed by atoms with E-state index in [1.807, 2.05) is 6.92 Å². The second-order valence-corrected chi connectivity index (χ2v) is 5.97. The van der Waals surface area contributed by atoms with Crippen LogP contribution in [0.25, 0.3) is 0 Å². The second-order valence-electron chi connectivity index (χ2n) is 5.06. The van der Waals surface area contributed by atoms with Gasteiger partial charge in [0.2, 0.25) is 0 Å². The molecule has 20 heavy (non-hydrogen) atoms. The maximum Gasteiger partial charge on any atom is 0.573 e. The van der Waals surface area contributed by atoms with Gasteiger partial charge in [-0.2, -0.15) is 0 Å². The summed E-state index contributed by atoms with van der Waals surface area (Å²) in [5.74, 6) is -1.06. The smallest absolute Gasteiger partial charge is 0.405 e. The molecule has 0 bridgehead atoms. The minimum absolute atomic E-state index is 0.134. The zero-order valence-corrected chi connectivity index (χ0v) is 12.3. The lowest BCUT2D eigenvalue weighted by molar-refractivity contribution is -0.274. The summed E-state index contributed by atoms with van der Waals surface area (Å²) in [5.41, 5.74) is -0.473. The summed E-state index contributed by atoms with van der Waals surface area (Å²) in [7, 11) is 0. The van der Waals surface area contributed by atoms with Crippen LogP contribution in [0.1, 0.15) is 36.5 Å². The zero-order chi connectivity index (χ0) is 15.0. The third kappa shape index (κ3) is 3.65. The predicted molar refractivity (Wildman–Crippen MR) is 70.5 cm³/mol. The predicted octanol–water partition coefficient (Wildman–Crippen LogP) is 4.02. The summed E-state index contributed by atoms with van der Waals surface area (Å²) in [4.78, 5) is 12.1. The van der Waals surface area contributed by atoms with Gasteiger partial charge in [-0.1, -0.05) is 15.9 Å². The molecule has 0 spiro atoms. The van der Waals surface area contributed by atoms with Gasteiger partial charge in [-0.15, -0.1) is 13.2 Å². The highest BCUT2D eigenvalue weighted by atomic mass is 79.9. The van der Waals surface area contributed by atoms with E-state index in [9.17, 15) is 18.0 Å². The van der Waals surface area contributed by atoms with Gasteiger partial charge in [-0.05, 0) is 44.4 Å². The van der Waals surface area contributed by atoms with Crippen molar-refractivity contribution in [3.8, 4) is 5.75 Å². The number of hydrogen-bond acceptors (Lipinski definition) is 2. The number of rotatable bonds is 3. The lowest BCUT2D eigenvalue weighted by Crippen LogP contribution is -2.51. The molecule has 0 heterocycles. The van der Waals surface area contributed by atoms with Crippen molar-refractivity contribution in [2.75, 3.05) is 0 Å². The van der Waals surface area contributed by atoms with Crippen LogP contribution in [-0.2, 0) is 0 Å². The molecule has 1 aliphatic rings. The first-order valence-corrected chi connectivity index (χ1v) is 6.86. The molecule has 0 radical (unpaired) electrons. The summed E-state index contributed by atoms with van der Waals surface area (Å²) >= 11 is 3.14. The van der Waals surface area contributed by atoms with E-state index < -0.39 is 18.0 Å². The number of alkyl halides is 3. The van der Waals surface area contributed by atoms with E-state index in [4.69, 9.17) is 0 Å². The maximum atomic E-state index is 12.3. The Kier molecular flexibility index (Phi) is 4.00. The zero-order valence-electron chi connectivity index (χ0n) is 10.7. The molecule has 0 saturated heterocycles. The Balaban J connectivity index is 2.24. The highest BCUT2D eigenvalue weighted by Gasteiger charge is 2.36. The fourth-order valence-corrected chi connectivity index (χ4v) is 2.43. The van der Waals surface area contributed by atoms with Gasteiger partial charge >= 0.3 is 6.36 Å². The van der Waals surface area contributed by atoms with Crippen LogP contribution in [0.4, 0.5) is 13.2 Å². The molecule has 2 rings (SSSR count). The minimum atomic E-state index is -4.83. The molecule has 0 aromatic heterocycles. The number of carbonyl (C=O) groups is 1. The topological polar surface area (TPSA) is 38.3 Å². The highest BCUT2D eigenvalue weighted by molar-refractivity contribution is 9.10. The van der Waals surface area contributed by atoms with Crippen LogP contribution in [0.5, 0.6) is 5.75 Å². The Morgan fingerprint density at radius 3 is 2.55 bits per heavy atom. The van der Waals surface area contributed by atoms with Crippen LogP contribution < -0.4 is 10.1 Å². The van der Waals surface area contributed by atoms with E-state index in [0.29, 0.717) is 4.47 Å². The summed E-state index contributed by atoms with van der Waals surface area (Å²) in [6.07, 6.45) is -2.19. The van der Waals surface area contributed by atoms with Gasteiger partial charge in [0.05, 0.1) is 5.56 Å². The maximum absolute atomic E-state index is 12.3. The van der Waals surface area contributed by atoms with Crippen molar-refractivity contribution in [3.05, 3.63) is 28.2 Å². The molecule has 3 nitrogen and oxygen atoms in total. The molecule has 1 fully saturated rings. The summed E-state index contributed by atoms with van der Waals surface area (Å²) in [5, 5.41) is 2.76. The van der Waals surface area contributed by atoms with Crippen LogP contribution in [0.2, 0.25) is 0 Å². The van der Waals surface area contributed by atoms with Crippen LogP contribution in [0, 0.1) is 0 Å². The first-order chi connectivity index (χ1) is 9.19. The van der Waals surface area contributed by atoms with Gasteiger partial charge in [-0.25, -0.2) is 0 Å².